The van der Waals surface area contributed by atoms with Gasteiger partial charge in [-0.05, 0) is 29.8 Å². The Morgan fingerprint density at radius 1 is 1.29 bits per heavy atom. The first-order chi connectivity index (χ1) is 11.5. The van der Waals surface area contributed by atoms with Crippen molar-refractivity contribution in [3.63, 3.8) is 0 Å². The second kappa shape index (κ2) is 7.15. The molecule has 0 aromatic heterocycles. The first-order valence-corrected chi connectivity index (χ1v) is 8.72. The Morgan fingerprint density at radius 3 is 2.88 bits per heavy atom. The van der Waals surface area contributed by atoms with Crippen molar-refractivity contribution >= 4 is 46.7 Å². The smallest absolute Gasteiger partial charge is 0.319 e. The van der Waals surface area contributed by atoms with Crippen LogP contribution in [-0.2, 0) is 11.3 Å². The number of urea groups is 1. The molecule has 1 heterocycles. The molecule has 5 nitrogen and oxygen atoms in total. The number of nitrogens with zero attached hydrogens (tertiary/aromatic N) is 1. The van der Waals surface area contributed by atoms with Crippen LogP contribution in [0.1, 0.15) is 5.56 Å². The van der Waals surface area contributed by atoms with Crippen molar-refractivity contribution in [2.75, 3.05) is 23.0 Å². The SMILES string of the molecule is CN1C(=O)CSc2ccc(NC(=O)NCc3ccccc3Cl)cc21. The van der Waals surface area contributed by atoms with Crippen molar-refractivity contribution in [3.8, 4) is 0 Å². The summed E-state index contributed by atoms with van der Waals surface area (Å²) < 4.78 is 0. The lowest BCUT2D eigenvalue weighted by molar-refractivity contribution is -0.116. The van der Waals surface area contributed by atoms with E-state index in [2.05, 4.69) is 10.6 Å². The molecule has 0 atom stereocenters. The second-order valence-electron chi connectivity index (χ2n) is 5.32. The Morgan fingerprint density at radius 2 is 2.08 bits per heavy atom. The van der Waals surface area contributed by atoms with Gasteiger partial charge in [0, 0.05) is 29.2 Å². The molecule has 7 heteroatoms. The first-order valence-electron chi connectivity index (χ1n) is 7.36. The van der Waals surface area contributed by atoms with Crippen molar-refractivity contribution in [1.82, 2.24) is 5.32 Å². The van der Waals surface area contributed by atoms with E-state index >= 15 is 0 Å². The molecule has 3 amide bonds. The van der Waals surface area contributed by atoms with E-state index in [0.29, 0.717) is 23.0 Å². The summed E-state index contributed by atoms with van der Waals surface area (Å²) in [5, 5.41) is 6.16. The molecule has 2 aromatic carbocycles. The van der Waals surface area contributed by atoms with Crippen LogP contribution in [0.5, 0.6) is 0 Å². The molecule has 1 aliphatic rings. The zero-order valence-corrected chi connectivity index (χ0v) is 14.6. The molecule has 0 spiro atoms. The number of anilines is 2. The summed E-state index contributed by atoms with van der Waals surface area (Å²) in [6.45, 7) is 0.338. The average molecular weight is 362 g/mol. The third-order valence-electron chi connectivity index (χ3n) is 3.70. The summed E-state index contributed by atoms with van der Waals surface area (Å²) in [6, 6.07) is 12.6. The monoisotopic (exact) mass is 361 g/mol. The van der Waals surface area contributed by atoms with E-state index in [-0.39, 0.29) is 11.9 Å². The van der Waals surface area contributed by atoms with Crippen molar-refractivity contribution < 1.29 is 9.59 Å². The van der Waals surface area contributed by atoms with E-state index in [1.807, 2.05) is 30.3 Å². The number of rotatable bonds is 3. The van der Waals surface area contributed by atoms with Crippen LogP contribution in [0, 0.1) is 0 Å². The Kier molecular flexibility index (Phi) is 4.97. The summed E-state index contributed by atoms with van der Waals surface area (Å²) in [6.07, 6.45) is 0. The fraction of sp³-hybridized carbons (Fsp3) is 0.176. The Bertz CT molecular complexity index is 797. The maximum absolute atomic E-state index is 12.1. The number of carbonyl (C=O) groups excluding carboxylic acids is 2. The maximum Gasteiger partial charge on any atom is 0.319 e. The van der Waals surface area contributed by atoms with E-state index < -0.39 is 0 Å². The van der Waals surface area contributed by atoms with Crippen LogP contribution in [0.3, 0.4) is 0 Å². The van der Waals surface area contributed by atoms with E-state index in [0.717, 1.165) is 16.1 Å². The predicted octanol–water partition coefficient (Wildman–Crippen LogP) is 3.73. The maximum atomic E-state index is 12.1. The summed E-state index contributed by atoms with van der Waals surface area (Å²) in [4.78, 5) is 26.5. The van der Waals surface area contributed by atoms with Crippen LogP contribution >= 0.6 is 23.4 Å². The molecule has 0 saturated carbocycles. The number of benzene rings is 2. The number of halogens is 1. The lowest BCUT2D eigenvalue weighted by atomic mass is 10.2. The van der Waals surface area contributed by atoms with Crippen molar-refractivity contribution in [2.24, 2.45) is 0 Å². The predicted molar refractivity (Wildman–Crippen MR) is 97.9 cm³/mol. The number of hydrogen-bond donors (Lipinski definition) is 2. The second-order valence-corrected chi connectivity index (χ2v) is 6.75. The first kappa shape index (κ1) is 16.7. The molecule has 0 aliphatic carbocycles. The van der Waals surface area contributed by atoms with Gasteiger partial charge in [-0.15, -0.1) is 11.8 Å². The molecular formula is C17H16ClN3O2S. The third kappa shape index (κ3) is 3.66. The topological polar surface area (TPSA) is 61.4 Å². The summed E-state index contributed by atoms with van der Waals surface area (Å²) in [5.74, 6) is 0.488. The highest BCUT2D eigenvalue weighted by Crippen LogP contribution is 2.36. The number of amides is 3. The van der Waals surface area contributed by atoms with Gasteiger partial charge in [0.15, 0.2) is 0 Å². The molecule has 24 heavy (non-hydrogen) atoms. The number of nitrogens with one attached hydrogen (secondary N) is 2. The summed E-state index contributed by atoms with van der Waals surface area (Å²) >= 11 is 7.57. The molecule has 1 aliphatic heterocycles. The number of thioether (sulfide) groups is 1. The number of hydrogen-bond acceptors (Lipinski definition) is 3. The van der Waals surface area contributed by atoms with E-state index in [9.17, 15) is 9.59 Å². The van der Waals surface area contributed by atoms with Gasteiger partial charge in [-0.25, -0.2) is 4.79 Å². The molecule has 124 valence electrons. The van der Waals surface area contributed by atoms with Gasteiger partial charge in [0.25, 0.3) is 0 Å². The van der Waals surface area contributed by atoms with Gasteiger partial charge in [0.2, 0.25) is 5.91 Å². The molecule has 0 radical (unpaired) electrons. The Balaban J connectivity index is 1.65. The van der Waals surface area contributed by atoms with Crippen molar-refractivity contribution in [2.45, 2.75) is 11.4 Å². The summed E-state index contributed by atoms with van der Waals surface area (Å²) in [7, 11) is 1.74. The van der Waals surface area contributed by atoms with E-state index in [4.69, 9.17) is 11.6 Å². The third-order valence-corrected chi connectivity index (χ3v) is 5.12. The highest BCUT2D eigenvalue weighted by atomic mass is 35.5. The van der Waals surface area contributed by atoms with Crippen molar-refractivity contribution in [3.05, 3.63) is 53.1 Å². The minimum atomic E-state index is -0.327. The molecule has 0 saturated heterocycles. The molecular weight excluding hydrogens is 346 g/mol. The zero-order chi connectivity index (χ0) is 17.1. The molecule has 3 rings (SSSR count). The minimum absolute atomic E-state index is 0.0489. The standard InChI is InChI=1S/C17H16ClN3O2S/c1-21-14-8-12(6-7-15(14)24-10-16(21)22)20-17(23)19-9-11-4-2-3-5-13(11)18/h2-8H,9-10H2,1H3,(H2,19,20,23). The molecule has 0 bridgehead atoms. The van der Waals surface area contributed by atoms with Gasteiger partial charge in [0.05, 0.1) is 11.4 Å². The Labute approximate surface area is 149 Å². The van der Waals surface area contributed by atoms with Gasteiger partial charge in [-0.3, -0.25) is 4.79 Å². The number of carbonyl (C=O) groups is 2. The van der Waals surface area contributed by atoms with Gasteiger partial charge >= 0.3 is 6.03 Å². The van der Waals surface area contributed by atoms with Crippen LogP contribution in [0.15, 0.2) is 47.4 Å². The lowest BCUT2D eigenvalue weighted by Gasteiger charge is -2.25. The van der Waals surface area contributed by atoms with Gasteiger partial charge < -0.3 is 15.5 Å². The molecule has 0 unspecified atom stereocenters. The zero-order valence-electron chi connectivity index (χ0n) is 13.0. The average Bonchev–Trinajstić information content (AvgIpc) is 2.58. The van der Waals surface area contributed by atoms with Crippen LogP contribution in [-0.4, -0.2) is 24.7 Å². The summed E-state index contributed by atoms with van der Waals surface area (Å²) in [5.41, 5.74) is 2.29. The van der Waals surface area contributed by atoms with Crippen LogP contribution in [0.4, 0.5) is 16.2 Å². The van der Waals surface area contributed by atoms with E-state index in [1.54, 1.807) is 24.1 Å². The van der Waals surface area contributed by atoms with Gasteiger partial charge in [-0.1, -0.05) is 29.8 Å². The normalized spacial score (nSPS) is 13.4. The quantitative estimate of drug-likeness (QED) is 0.875. The molecule has 0 fully saturated rings. The Hall–Kier alpha value is -2.18. The van der Waals surface area contributed by atoms with Crippen LogP contribution in [0.2, 0.25) is 5.02 Å². The molecule has 2 aromatic rings. The van der Waals surface area contributed by atoms with Gasteiger partial charge in [0.1, 0.15) is 0 Å². The molecule has 2 N–H and O–H groups in total. The largest absolute Gasteiger partial charge is 0.334 e. The van der Waals surface area contributed by atoms with Crippen LogP contribution in [0.25, 0.3) is 0 Å². The fourth-order valence-corrected chi connectivity index (χ4v) is 3.53. The lowest BCUT2D eigenvalue weighted by Crippen LogP contribution is -2.32. The fourth-order valence-electron chi connectivity index (χ4n) is 2.34. The minimum Gasteiger partial charge on any atom is -0.334 e. The number of fused-ring (bicyclic) bond motifs is 1. The highest BCUT2D eigenvalue weighted by molar-refractivity contribution is 8.00. The van der Waals surface area contributed by atoms with E-state index in [1.165, 1.54) is 11.8 Å². The van der Waals surface area contributed by atoms with Crippen molar-refractivity contribution in [1.29, 1.82) is 0 Å². The highest BCUT2D eigenvalue weighted by Gasteiger charge is 2.21. The van der Waals surface area contributed by atoms with Gasteiger partial charge in [-0.2, -0.15) is 0 Å². The van der Waals surface area contributed by atoms with Crippen LogP contribution < -0.4 is 15.5 Å².